The Morgan fingerprint density at radius 2 is 1.92 bits per heavy atom. The second-order valence-electron chi connectivity index (χ2n) is 7.81. The summed E-state index contributed by atoms with van der Waals surface area (Å²) in [5.74, 6) is 2.53. The Kier molecular flexibility index (Phi) is 3.69. The van der Waals surface area contributed by atoms with E-state index in [0.29, 0.717) is 17.6 Å². The lowest BCUT2D eigenvalue weighted by atomic mass is 9.96. The van der Waals surface area contributed by atoms with Crippen LogP contribution in [0.15, 0.2) is 17.0 Å². The summed E-state index contributed by atoms with van der Waals surface area (Å²) >= 11 is 0. The lowest BCUT2D eigenvalue weighted by Gasteiger charge is -2.23. The Labute approximate surface area is 152 Å². The maximum atomic E-state index is 13.0. The molecular weight excluding hydrogens is 330 g/mol. The molecule has 136 valence electrons. The van der Waals surface area contributed by atoms with E-state index in [1.54, 1.807) is 6.33 Å². The van der Waals surface area contributed by atoms with Gasteiger partial charge in [-0.15, -0.1) is 0 Å². The molecule has 4 heterocycles. The van der Waals surface area contributed by atoms with E-state index in [0.717, 1.165) is 74.5 Å². The van der Waals surface area contributed by atoms with Crippen LogP contribution in [0.4, 0.5) is 5.82 Å². The number of amides is 1. The maximum Gasteiger partial charge on any atom is 0.292 e. The first kappa shape index (κ1) is 15.8. The van der Waals surface area contributed by atoms with Crippen molar-refractivity contribution in [3.8, 4) is 0 Å². The highest BCUT2D eigenvalue weighted by Crippen LogP contribution is 2.35. The summed E-state index contributed by atoms with van der Waals surface area (Å²) < 4.78 is 5.45. The van der Waals surface area contributed by atoms with Crippen molar-refractivity contribution in [1.29, 1.82) is 0 Å². The summed E-state index contributed by atoms with van der Waals surface area (Å²) in [6, 6.07) is 0. The maximum absolute atomic E-state index is 13.0. The van der Waals surface area contributed by atoms with Gasteiger partial charge in [-0.25, -0.2) is 9.97 Å². The van der Waals surface area contributed by atoms with Gasteiger partial charge in [0.1, 0.15) is 12.1 Å². The van der Waals surface area contributed by atoms with Gasteiger partial charge < -0.3 is 14.3 Å². The highest BCUT2D eigenvalue weighted by atomic mass is 16.5. The van der Waals surface area contributed by atoms with Crippen molar-refractivity contribution < 1.29 is 9.32 Å². The van der Waals surface area contributed by atoms with Gasteiger partial charge in [0.2, 0.25) is 5.76 Å². The predicted molar refractivity (Wildman–Crippen MR) is 95.0 cm³/mol. The third-order valence-electron chi connectivity index (χ3n) is 6.09. The molecule has 2 aromatic rings. The van der Waals surface area contributed by atoms with Crippen molar-refractivity contribution in [2.24, 2.45) is 11.8 Å². The zero-order valence-electron chi connectivity index (χ0n) is 15.0. The van der Waals surface area contributed by atoms with Gasteiger partial charge in [-0.3, -0.25) is 4.79 Å². The van der Waals surface area contributed by atoms with Crippen molar-refractivity contribution in [3.63, 3.8) is 0 Å². The van der Waals surface area contributed by atoms with Crippen LogP contribution in [0.2, 0.25) is 0 Å². The molecule has 26 heavy (non-hydrogen) atoms. The molecular formula is C19H23N5O2. The molecule has 0 aromatic carbocycles. The van der Waals surface area contributed by atoms with Crippen LogP contribution < -0.4 is 4.90 Å². The van der Waals surface area contributed by atoms with Gasteiger partial charge in [-0.2, -0.15) is 0 Å². The van der Waals surface area contributed by atoms with E-state index in [4.69, 9.17) is 4.52 Å². The minimum Gasteiger partial charge on any atom is -0.356 e. The Hall–Kier alpha value is -2.44. The van der Waals surface area contributed by atoms with Gasteiger partial charge in [0.25, 0.3) is 5.91 Å². The zero-order chi connectivity index (χ0) is 17.7. The van der Waals surface area contributed by atoms with Gasteiger partial charge in [0.15, 0.2) is 0 Å². The summed E-state index contributed by atoms with van der Waals surface area (Å²) in [7, 11) is 0. The first-order valence-corrected chi connectivity index (χ1v) is 9.49. The highest BCUT2D eigenvalue weighted by Gasteiger charge is 2.43. The van der Waals surface area contributed by atoms with Gasteiger partial charge in [-0.05, 0) is 32.6 Å². The Balaban J connectivity index is 1.29. The van der Waals surface area contributed by atoms with Crippen molar-refractivity contribution in [1.82, 2.24) is 20.0 Å². The second kappa shape index (κ2) is 6.07. The number of carbonyl (C=O) groups is 1. The van der Waals surface area contributed by atoms with Crippen LogP contribution in [0.5, 0.6) is 0 Å². The zero-order valence-corrected chi connectivity index (χ0v) is 15.0. The third kappa shape index (κ3) is 2.48. The fourth-order valence-electron chi connectivity index (χ4n) is 4.76. The van der Waals surface area contributed by atoms with Crippen molar-refractivity contribution in [2.75, 3.05) is 31.1 Å². The van der Waals surface area contributed by atoms with Crippen molar-refractivity contribution in [3.05, 3.63) is 35.1 Å². The summed E-state index contributed by atoms with van der Waals surface area (Å²) in [4.78, 5) is 25.8. The van der Waals surface area contributed by atoms with Gasteiger partial charge in [0.05, 0.1) is 5.69 Å². The first-order valence-electron chi connectivity index (χ1n) is 9.49. The second-order valence-corrected chi connectivity index (χ2v) is 7.81. The number of aromatic nitrogens is 3. The number of fused-ring (bicyclic) bond motifs is 2. The minimum atomic E-state index is 0.0276. The number of carbonyl (C=O) groups excluding carboxylic acids is 1. The summed E-state index contributed by atoms with van der Waals surface area (Å²) in [5, 5.41) is 4.14. The summed E-state index contributed by atoms with van der Waals surface area (Å²) in [6.45, 7) is 5.52. The van der Waals surface area contributed by atoms with Crippen LogP contribution >= 0.6 is 0 Å². The molecule has 1 amide bonds. The molecule has 7 nitrogen and oxygen atoms in total. The third-order valence-corrected chi connectivity index (χ3v) is 6.09. The molecule has 2 saturated heterocycles. The number of hydrogen-bond donors (Lipinski definition) is 0. The largest absolute Gasteiger partial charge is 0.356 e. The normalized spacial score (nSPS) is 24.7. The molecule has 5 rings (SSSR count). The average molecular weight is 353 g/mol. The van der Waals surface area contributed by atoms with Gasteiger partial charge in [-0.1, -0.05) is 5.16 Å². The lowest BCUT2D eigenvalue weighted by Crippen LogP contribution is -2.34. The molecule has 0 saturated carbocycles. The van der Waals surface area contributed by atoms with E-state index in [-0.39, 0.29) is 5.91 Å². The smallest absolute Gasteiger partial charge is 0.292 e. The standard InChI is InChI=1S/C19H23N5O2/c1-12-6-20-11-21-18(12)23-7-13-9-24(10-14(13)8-23)19(25)17-15-4-2-3-5-16(15)22-26-17/h6,11,13-14H,2-5,7-10H2,1H3. The topological polar surface area (TPSA) is 75.4 Å². The van der Waals surface area contributed by atoms with Crippen molar-refractivity contribution in [2.45, 2.75) is 32.6 Å². The van der Waals surface area contributed by atoms with Crippen LogP contribution in [-0.4, -0.2) is 52.1 Å². The predicted octanol–water partition coefficient (Wildman–Crippen LogP) is 1.86. The quantitative estimate of drug-likeness (QED) is 0.820. The van der Waals surface area contributed by atoms with Crippen LogP contribution in [0, 0.1) is 18.8 Å². The van der Waals surface area contributed by atoms with Crippen molar-refractivity contribution >= 4 is 11.7 Å². The minimum absolute atomic E-state index is 0.0276. The number of aryl methyl sites for hydroxylation is 2. The average Bonchev–Trinajstić information content (AvgIpc) is 3.34. The van der Waals surface area contributed by atoms with Crippen LogP contribution in [0.1, 0.15) is 40.2 Å². The van der Waals surface area contributed by atoms with Crippen LogP contribution in [0.25, 0.3) is 0 Å². The first-order chi connectivity index (χ1) is 12.7. The molecule has 0 spiro atoms. The Morgan fingerprint density at radius 1 is 1.15 bits per heavy atom. The van der Waals surface area contributed by atoms with Crippen LogP contribution in [-0.2, 0) is 12.8 Å². The lowest BCUT2D eigenvalue weighted by molar-refractivity contribution is 0.0739. The SMILES string of the molecule is Cc1cncnc1N1CC2CN(C(=O)c3onc4c3CCCC4)CC2C1. The summed E-state index contributed by atoms with van der Waals surface area (Å²) in [5.41, 5.74) is 3.15. The van der Waals surface area contributed by atoms with E-state index < -0.39 is 0 Å². The van der Waals surface area contributed by atoms with E-state index in [1.165, 1.54) is 0 Å². The Morgan fingerprint density at radius 3 is 2.69 bits per heavy atom. The number of rotatable bonds is 2. The molecule has 2 aliphatic heterocycles. The van der Waals surface area contributed by atoms with Crippen LogP contribution in [0.3, 0.4) is 0 Å². The molecule has 2 fully saturated rings. The fourth-order valence-corrected chi connectivity index (χ4v) is 4.76. The number of hydrogen-bond acceptors (Lipinski definition) is 6. The molecule has 2 aromatic heterocycles. The molecule has 2 unspecified atom stereocenters. The highest BCUT2D eigenvalue weighted by molar-refractivity contribution is 5.93. The molecule has 0 radical (unpaired) electrons. The molecule has 0 N–H and O–H groups in total. The molecule has 7 heteroatoms. The van der Waals surface area contributed by atoms with Gasteiger partial charge >= 0.3 is 0 Å². The van der Waals surface area contributed by atoms with E-state index in [2.05, 4.69) is 20.0 Å². The van der Waals surface area contributed by atoms with E-state index in [9.17, 15) is 4.79 Å². The molecule has 3 aliphatic rings. The number of nitrogens with zero attached hydrogens (tertiary/aromatic N) is 5. The molecule has 0 bridgehead atoms. The van der Waals surface area contributed by atoms with Gasteiger partial charge in [0, 0.05) is 55.3 Å². The molecule has 1 aliphatic carbocycles. The number of anilines is 1. The Bertz CT molecular complexity index is 834. The molecule has 2 atom stereocenters. The summed E-state index contributed by atoms with van der Waals surface area (Å²) in [6.07, 6.45) is 7.58. The fraction of sp³-hybridized carbons (Fsp3) is 0.579. The van der Waals surface area contributed by atoms with E-state index >= 15 is 0 Å². The number of likely N-dealkylation sites (tertiary alicyclic amines) is 1. The monoisotopic (exact) mass is 353 g/mol. The van der Waals surface area contributed by atoms with E-state index in [1.807, 2.05) is 18.0 Å².